The van der Waals surface area contributed by atoms with Crippen molar-refractivity contribution in [3.05, 3.63) is 64.7 Å². The summed E-state index contributed by atoms with van der Waals surface area (Å²) in [7, 11) is 0. The number of carbonyl (C=O) groups is 2. The Morgan fingerprint density at radius 1 is 0.897 bits per heavy atom. The number of anilines is 1. The summed E-state index contributed by atoms with van der Waals surface area (Å²) in [6, 6.07) is 13.1. The van der Waals surface area contributed by atoms with Gasteiger partial charge in [-0.05, 0) is 74.6 Å². The summed E-state index contributed by atoms with van der Waals surface area (Å²) >= 11 is 0. The molecule has 5 nitrogen and oxygen atoms in total. The van der Waals surface area contributed by atoms with Gasteiger partial charge >= 0.3 is 0 Å². The first-order valence-electron chi connectivity index (χ1n) is 10.3. The lowest BCUT2D eigenvalue weighted by Crippen LogP contribution is -2.24. The van der Waals surface area contributed by atoms with Crippen LogP contribution in [0.15, 0.2) is 47.6 Å². The monoisotopic (exact) mass is 391 g/mol. The Hall–Kier alpha value is -2.95. The molecule has 0 spiro atoms. The summed E-state index contributed by atoms with van der Waals surface area (Å²) in [5.41, 5.74) is 7.80. The Balaban J connectivity index is 1.58. The van der Waals surface area contributed by atoms with Gasteiger partial charge in [0.05, 0.1) is 5.71 Å². The largest absolute Gasteiger partial charge is 0.326 e. The Labute approximate surface area is 172 Å². The first-order valence-corrected chi connectivity index (χ1v) is 10.3. The molecule has 0 atom stereocenters. The molecule has 0 saturated heterocycles. The molecule has 2 aromatic carbocycles. The Kier molecular flexibility index (Phi) is 6.81. The lowest BCUT2D eigenvalue weighted by atomic mass is 9.88. The van der Waals surface area contributed by atoms with E-state index in [9.17, 15) is 9.59 Å². The number of hydrazone groups is 1. The molecule has 2 aromatic rings. The molecule has 0 unspecified atom stereocenters. The van der Waals surface area contributed by atoms with Crippen LogP contribution in [0.5, 0.6) is 0 Å². The van der Waals surface area contributed by atoms with Crippen LogP contribution in [0.3, 0.4) is 0 Å². The van der Waals surface area contributed by atoms with E-state index in [4.69, 9.17) is 0 Å². The molecular weight excluding hydrogens is 362 g/mol. The van der Waals surface area contributed by atoms with Crippen molar-refractivity contribution in [2.45, 2.75) is 52.9 Å². The van der Waals surface area contributed by atoms with Gasteiger partial charge in [0.25, 0.3) is 5.91 Å². The van der Waals surface area contributed by atoms with Crippen molar-refractivity contribution in [1.29, 1.82) is 0 Å². The van der Waals surface area contributed by atoms with Gasteiger partial charge in [-0.3, -0.25) is 9.59 Å². The highest BCUT2D eigenvalue weighted by Crippen LogP contribution is 2.25. The van der Waals surface area contributed by atoms with Crippen LogP contribution < -0.4 is 10.7 Å². The van der Waals surface area contributed by atoms with E-state index >= 15 is 0 Å². The third-order valence-corrected chi connectivity index (χ3v) is 5.64. The molecular formula is C24H29N3O2. The van der Waals surface area contributed by atoms with Crippen molar-refractivity contribution >= 4 is 23.2 Å². The topological polar surface area (TPSA) is 70.6 Å². The van der Waals surface area contributed by atoms with Crippen LogP contribution in [-0.4, -0.2) is 17.5 Å². The number of carbonyl (C=O) groups excluding carboxylic acids is 2. The van der Waals surface area contributed by atoms with Crippen molar-refractivity contribution in [3.8, 4) is 0 Å². The molecule has 2 amide bonds. The number of aryl methyl sites for hydroxylation is 2. The third kappa shape index (κ3) is 5.53. The Bertz CT molecular complexity index is 910. The fourth-order valence-electron chi connectivity index (χ4n) is 3.55. The number of amides is 2. The maximum atomic E-state index is 12.4. The second-order valence-electron chi connectivity index (χ2n) is 7.84. The number of nitrogens with zero attached hydrogens (tertiary/aromatic N) is 1. The van der Waals surface area contributed by atoms with E-state index in [0.29, 0.717) is 11.3 Å². The van der Waals surface area contributed by atoms with E-state index < -0.39 is 0 Å². The van der Waals surface area contributed by atoms with Crippen molar-refractivity contribution < 1.29 is 9.59 Å². The minimum Gasteiger partial charge on any atom is -0.326 e. The van der Waals surface area contributed by atoms with Gasteiger partial charge in [-0.1, -0.05) is 37.5 Å². The van der Waals surface area contributed by atoms with Crippen molar-refractivity contribution in [3.63, 3.8) is 0 Å². The smallest absolute Gasteiger partial charge is 0.271 e. The van der Waals surface area contributed by atoms with Gasteiger partial charge in [0, 0.05) is 17.2 Å². The summed E-state index contributed by atoms with van der Waals surface area (Å²) in [5.74, 6) is 0.0136. The van der Waals surface area contributed by atoms with Gasteiger partial charge in [-0.2, -0.15) is 5.10 Å². The zero-order valence-corrected chi connectivity index (χ0v) is 17.4. The van der Waals surface area contributed by atoms with Crippen LogP contribution in [-0.2, 0) is 4.79 Å². The van der Waals surface area contributed by atoms with E-state index in [-0.39, 0.29) is 17.7 Å². The van der Waals surface area contributed by atoms with E-state index in [0.717, 1.165) is 48.1 Å². The summed E-state index contributed by atoms with van der Waals surface area (Å²) in [5, 5.41) is 7.23. The van der Waals surface area contributed by atoms with Crippen molar-refractivity contribution in [2.24, 2.45) is 11.0 Å². The van der Waals surface area contributed by atoms with E-state index in [1.54, 1.807) is 6.07 Å². The minimum absolute atomic E-state index is 0.114. The normalized spacial score (nSPS) is 15.1. The van der Waals surface area contributed by atoms with E-state index in [1.165, 1.54) is 6.42 Å². The predicted octanol–water partition coefficient (Wildman–Crippen LogP) is 4.98. The maximum Gasteiger partial charge on any atom is 0.271 e. The van der Waals surface area contributed by atoms with Crippen LogP contribution in [0.25, 0.3) is 0 Å². The standard InChI is InChI=1S/C24H29N3O2/c1-16-9-10-21(15-17(16)2)24(29)27-26-18(3)19-11-13-22(14-12-19)25-23(28)20-7-5-4-6-8-20/h9-15,20H,4-8H2,1-3H3,(H,25,28)(H,27,29)/b26-18-. The van der Waals surface area contributed by atoms with Gasteiger partial charge in [0.2, 0.25) is 5.91 Å². The average molecular weight is 392 g/mol. The number of rotatable bonds is 5. The molecule has 29 heavy (non-hydrogen) atoms. The second-order valence-corrected chi connectivity index (χ2v) is 7.84. The summed E-state index contributed by atoms with van der Waals surface area (Å²) in [6.07, 6.45) is 5.48. The van der Waals surface area contributed by atoms with Gasteiger partial charge in [-0.15, -0.1) is 0 Å². The van der Waals surface area contributed by atoms with Gasteiger partial charge in [0.15, 0.2) is 0 Å². The SMILES string of the molecule is C/C(=N/NC(=O)c1ccc(C)c(C)c1)c1ccc(NC(=O)C2CCCCC2)cc1. The fourth-order valence-corrected chi connectivity index (χ4v) is 3.55. The van der Waals surface area contributed by atoms with Crippen molar-refractivity contribution in [1.82, 2.24) is 5.43 Å². The average Bonchev–Trinajstić information content (AvgIpc) is 2.74. The van der Waals surface area contributed by atoms with Gasteiger partial charge in [0.1, 0.15) is 0 Å². The molecule has 0 radical (unpaired) electrons. The zero-order chi connectivity index (χ0) is 20.8. The van der Waals surface area contributed by atoms with Crippen LogP contribution in [0.2, 0.25) is 0 Å². The minimum atomic E-state index is -0.233. The molecule has 0 aromatic heterocycles. The molecule has 1 aliphatic rings. The predicted molar refractivity (Wildman–Crippen MR) is 117 cm³/mol. The zero-order valence-electron chi connectivity index (χ0n) is 17.4. The molecule has 3 rings (SSSR count). The second kappa shape index (κ2) is 9.50. The number of hydrogen-bond acceptors (Lipinski definition) is 3. The molecule has 1 fully saturated rings. The van der Waals surface area contributed by atoms with Crippen LogP contribution >= 0.6 is 0 Å². The highest BCUT2D eigenvalue weighted by atomic mass is 16.2. The Morgan fingerprint density at radius 3 is 2.21 bits per heavy atom. The number of benzene rings is 2. The third-order valence-electron chi connectivity index (χ3n) is 5.64. The molecule has 1 aliphatic carbocycles. The Morgan fingerprint density at radius 2 is 1.55 bits per heavy atom. The fraction of sp³-hybridized carbons (Fsp3) is 0.375. The highest BCUT2D eigenvalue weighted by Gasteiger charge is 2.20. The lowest BCUT2D eigenvalue weighted by molar-refractivity contribution is -0.120. The summed E-state index contributed by atoms with van der Waals surface area (Å²) < 4.78 is 0. The molecule has 2 N–H and O–H groups in total. The maximum absolute atomic E-state index is 12.4. The van der Waals surface area contributed by atoms with Crippen LogP contribution in [0.1, 0.15) is 66.1 Å². The van der Waals surface area contributed by atoms with E-state index in [1.807, 2.05) is 57.2 Å². The molecule has 0 aliphatic heterocycles. The molecule has 152 valence electrons. The summed E-state index contributed by atoms with van der Waals surface area (Å²) in [4.78, 5) is 24.7. The van der Waals surface area contributed by atoms with Crippen LogP contribution in [0, 0.1) is 19.8 Å². The highest BCUT2D eigenvalue weighted by molar-refractivity contribution is 6.01. The van der Waals surface area contributed by atoms with E-state index in [2.05, 4.69) is 15.8 Å². The van der Waals surface area contributed by atoms with Crippen LogP contribution in [0.4, 0.5) is 5.69 Å². The lowest BCUT2D eigenvalue weighted by Gasteiger charge is -2.20. The van der Waals surface area contributed by atoms with Gasteiger partial charge in [-0.25, -0.2) is 5.43 Å². The molecule has 1 saturated carbocycles. The number of hydrogen-bond donors (Lipinski definition) is 2. The first-order chi connectivity index (χ1) is 13.9. The molecule has 0 bridgehead atoms. The van der Waals surface area contributed by atoms with Gasteiger partial charge < -0.3 is 5.32 Å². The molecule has 0 heterocycles. The quantitative estimate of drug-likeness (QED) is 0.558. The number of nitrogens with one attached hydrogen (secondary N) is 2. The first kappa shape index (κ1) is 20.8. The van der Waals surface area contributed by atoms with Crippen molar-refractivity contribution in [2.75, 3.05) is 5.32 Å². The summed E-state index contributed by atoms with van der Waals surface area (Å²) in [6.45, 7) is 5.84. The molecule has 5 heteroatoms.